The number of ether oxygens (including phenoxy) is 1. The summed E-state index contributed by atoms with van der Waals surface area (Å²) in [5, 5.41) is 9.67. The van der Waals surface area contributed by atoms with Crippen molar-refractivity contribution in [1.82, 2.24) is 4.90 Å². The van der Waals surface area contributed by atoms with Crippen LogP contribution < -0.4 is 4.74 Å². The number of hydrogen-bond acceptors (Lipinski definition) is 3. The minimum absolute atomic E-state index is 0.206. The number of methoxy groups -OCH3 is 1. The van der Waals surface area contributed by atoms with E-state index >= 15 is 0 Å². The lowest BCUT2D eigenvalue weighted by Gasteiger charge is -2.42. The highest BCUT2D eigenvalue weighted by Gasteiger charge is 2.28. The van der Waals surface area contributed by atoms with Crippen LogP contribution in [0.25, 0.3) is 6.08 Å². The summed E-state index contributed by atoms with van der Waals surface area (Å²) in [4.78, 5) is 2.60. The highest BCUT2D eigenvalue weighted by Crippen LogP contribution is 2.33. The van der Waals surface area contributed by atoms with E-state index in [4.69, 9.17) is 4.74 Å². The molecule has 1 heterocycles. The molecule has 1 aliphatic carbocycles. The minimum Gasteiger partial charge on any atom is -0.504 e. The van der Waals surface area contributed by atoms with Gasteiger partial charge >= 0.3 is 0 Å². The van der Waals surface area contributed by atoms with Crippen LogP contribution in [0, 0.1) is 0 Å². The van der Waals surface area contributed by atoms with E-state index in [0.717, 1.165) is 5.56 Å². The monoisotopic (exact) mass is 273 g/mol. The molecule has 0 spiro atoms. The molecular formula is C17H23NO2. The quantitative estimate of drug-likeness (QED) is 0.915. The molecule has 1 aromatic carbocycles. The van der Waals surface area contributed by atoms with Gasteiger partial charge in [0, 0.05) is 6.04 Å². The van der Waals surface area contributed by atoms with Crippen LogP contribution in [0.3, 0.4) is 0 Å². The second kappa shape index (κ2) is 5.88. The predicted octanol–water partition coefficient (Wildman–Crippen LogP) is 3.43. The SMILES string of the molecule is COc1cc(/C=C2\CCCC[C@H]2N2CCC2)ccc1O. The van der Waals surface area contributed by atoms with Crippen molar-refractivity contribution in [2.45, 2.75) is 38.1 Å². The van der Waals surface area contributed by atoms with E-state index in [1.54, 1.807) is 18.7 Å². The molecule has 2 aliphatic rings. The van der Waals surface area contributed by atoms with E-state index in [9.17, 15) is 5.11 Å². The number of phenolic OH excluding ortho intramolecular Hbond substituents is 1. The van der Waals surface area contributed by atoms with Crippen molar-refractivity contribution in [3.63, 3.8) is 0 Å². The summed E-state index contributed by atoms with van der Waals surface area (Å²) in [7, 11) is 1.59. The first-order valence-corrected chi connectivity index (χ1v) is 7.59. The predicted molar refractivity (Wildman–Crippen MR) is 81.1 cm³/mol. The van der Waals surface area contributed by atoms with Crippen molar-refractivity contribution in [2.75, 3.05) is 20.2 Å². The second-order valence-electron chi connectivity index (χ2n) is 5.80. The van der Waals surface area contributed by atoms with Gasteiger partial charge in [-0.05, 0) is 56.5 Å². The molecule has 2 fully saturated rings. The summed E-state index contributed by atoms with van der Waals surface area (Å²) in [6, 6.07) is 6.24. The molecule has 3 nitrogen and oxygen atoms in total. The highest BCUT2D eigenvalue weighted by molar-refractivity contribution is 5.59. The molecule has 1 N–H and O–H groups in total. The molecule has 3 rings (SSSR count). The summed E-state index contributed by atoms with van der Waals surface area (Å²) in [5.74, 6) is 0.758. The largest absolute Gasteiger partial charge is 0.504 e. The summed E-state index contributed by atoms with van der Waals surface area (Å²) < 4.78 is 5.19. The van der Waals surface area contributed by atoms with Gasteiger partial charge < -0.3 is 9.84 Å². The Bertz CT molecular complexity index is 506. The Labute approximate surface area is 120 Å². The zero-order valence-corrected chi connectivity index (χ0v) is 12.1. The third-order valence-electron chi connectivity index (χ3n) is 4.51. The number of nitrogens with zero attached hydrogens (tertiary/aromatic N) is 1. The maximum atomic E-state index is 9.67. The van der Waals surface area contributed by atoms with Crippen molar-refractivity contribution in [2.24, 2.45) is 0 Å². The van der Waals surface area contributed by atoms with E-state index < -0.39 is 0 Å². The van der Waals surface area contributed by atoms with Crippen LogP contribution in [0.1, 0.15) is 37.7 Å². The van der Waals surface area contributed by atoms with Crippen molar-refractivity contribution < 1.29 is 9.84 Å². The van der Waals surface area contributed by atoms with Crippen molar-refractivity contribution in [1.29, 1.82) is 0 Å². The van der Waals surface area contributed by atoms with Crippen LogP contribution in [-0.4, -0.2) is 36.2 Å². The normalized spacial score (nSPS) is 25.4. The van der Waals surface area contributed by atoms with Crippen LogP contribution in [-0.2, 0) is 0 Å². The summed E-state index contributed by atoms with van der Waals surface area (Å²) in [5.41, 5.74) is 2.67. The van der Waals surface area contributed by atoms with Crippen LogP contribution in [0.4, 0.5) is 0 Å². The fraction of sp³-hybridized carbons (Fsp3) is 0.529. The Hall–Kier alpha value is -1.48. The summed E-state index contributed by atoms with van der Waals surface area (Å²) in [6.45, 7) is 2.50. The molecule has 1 aliphatic heterocycles. The minimum atomic E-state index is 0.206. The molecule has 1 atom stereocenters. The van der Waals surface area contributed by atoms with Gasteiger partial charge in [-0.1, -0.05) is 24.1 Å². The highest BCUT2D eigenvalue weighted by atomic mass is 16.5. The average Bonchev–Trinajstić information content (AvgIpc) is 2.41. The second-order valence-corrected chi connectivity index (χ2v) is 5.80. The topological polar surface area (TPSA) is 32.7 Å². The molecule has 0 unspecified atom stereocenters. The van der Waals surface area contributed by atoms with Crippen molar-refractivity contribution in [3.8, 4) is 11.5 Å². The number of benzene rings is 1. The van der Waals surface area contributed by atoms with Gasteiger partial charge in [0.05, 0.1) is 7.11 Å². The van der Waals surface area contributed by atoms with Gasteiger partial charge in [-0.2, -0.15) is 0 Å². The van der Waals surface area contributed by atoms with E-state index in [-0.39, 0.29) is 5.75 Å². The Morgan fingerprint density at radius 2 is 2.10 bits per heavy atom. The van der Waals surface area contributed by atoms with Crippen LogP contribution in [0.15, 0.2) is 23.8 Å². The smallest absolute Gasteiger partial charge is 0.161 e. The van der Waals surface area contributed by atoms with E-state index in [1.165, 1.54) is 45.2 Å². The van der Waals surface area contributed by atoms with Gasteiger partial charge in [0.25, 0.3) is 0 Å². The molecule has 0 radical (unpaired) electrons. The van der Waals surface area contributed by atoms with Gasteiger partial charge in [-0.15, -0.1) is 0 Å². The van der Waals surface area contributed by atoms with Crippen LogP contribution in [0.5, 0.6) is 11.5 Å². The molecule has 0 aromatic heterocycles. The zero-order chi connectivity index (χ0) is 13.9. The van der Waals surface area contributed by atoms with Gasteiger partial charge in [0.15, 0.2) is 11.5 Å². The fourth-order valence-electron chi connectivity index (χ4n) is 3.25. The maximum absolute atomic E-state index is 9.67. The number of likely N-dealkylation sites (tertiary alicyclic amines) is 1. The van der Waals surface area contributed by atoms with E-state index in [1.807, 2.05) is 12.1 Å². The first-order chi connectivity index (χ1) is 9.78. The Morgan fingerprint density at radius 1 is 1.25 bits per heavy atom. The molecule has 1 saturated heterocycles. The van der Waals surface area contributed by atoms with Gasteiger partial charge in [-0.25, -0.2) is 0 Å². The fourth-order valence-corrected chi connectivity index (χ4v) is 3.25. The van der Waals surface area contributed by atoms with Crippen LogP contribution in [0.2, 0.25) is 0 Å². The third kappa shape index (κ3) is 2.68. The molecule has 20 heavy (non-hydrogen) atoms. The average molecular weight is 273 g/mol. The molecule has 108 valence electrons. The van der Waals surface area contributed by atoms with Gasteiger partial charge in [-0.3, -0.25) is 4.90 Å². The number of rotatable bonds is 3. The van der Waals surface area contributed by atoms with Crippen LogP contribution >= 0.6 is 0 Å². The van der Waals surface area contributed by atoms with Crippen molar-refractivity contribution in [3.05, 3.63) is 29.3 Å². The number of hydrogen-bond donors (Lipinski definition) is 1. The number of phenols is 1. The molecule has 0 amide bonds. The molecule has 1 aromatic rings. The molecule has 1 saturated carbocycles. The number of aromatic hydroxyl groups is 1. The molecule has 0 bridgehead atoms. The standard InChI is InChI=1S/C17H23NO2/c1-20-17-12-13(7-8-16(17)19)11-14-5-2-3-6-15(14)18-9-4-10-18/h7-8,11-12,15,19H,2-6,9-10H2,1H3/b14-11+/t15-/m1/s1. The first kappa shape index (κ1) is 13.5. The maximum Gasteiger partial charge on any atom is 0.161 e. The Morgan fingerprint density at radius 3 is 2.80 bits per heavy atom. The summed E-state index contributed by atoms with van der Waals surface area (Å²) >= 11 is 0. The van der Waals surface area contributed by atoms with Crippen molar-refractivity contribution >= 4 is 6.08 Å². The lowest BCUT2D eigenvalue weighted by Crippen LogP contribution is -2.46. The first-order valence-electron chi connectivity index (χ1n) is 7.59. The lowest BCUT2D eigenvalue weighted by molar-refractivity contribution is 0.121. The zero-order valence-electron chi connectivity index (χ0n) is 12.1. The molecular weight excluding hydrogens is 250 g/mol. The van der Waals surface area contributed by atoms with E-state index in [2.05, 4.69) is 11.0 Å². The van der Waals surface area contributed by atoms with E-state index in [0.29, 0.717) is 11.8 Å². The Kier molecular flexibility index (Phi) is 3.97. The molecule has 3 heteroatoms. The van der Waals surface area contributed by atoms with Gasteiger partial charge in [0.2, 0.25) is 0 Å². The Balaban J connectivity index is 1.84. The lowest BCUT2D eigenvalue weighted by atomic mass is 9.86. The summed E-state index contributed by atoms with van der Waals surface area (Å²) in [6.07, 6.45) is 8.77. The van der Waals surface area contributed by atoms with Gasteiger partial charge in [0.1, 0.15) is 0 Å². The third-order valence-corrected chi connectivity index (χ3v) is 4.51.